The van der Waals surface area contributed by atoms with E-state index in [0.29, 0.717) is 6.61 Å². The van der Waals surface area contributed by atoms with Crippen molar-refractivity contribution in [3.63, 3.8) is 0 Å². The summed E-state index contributed by atoms with van der Waals surface area (Å²) in [6.45, 7) is 4.88. The Bertz CT molecular complexity index is 785. The predicted molar refractivity (Wildman–Crippen MR) is 77.9 cm³/mol. The second-order valence-corrected chi connectivity index (χ2v) is 5.19. The SMILES string of the molecule is CCOc1cc(=O)n2cc(NC(C)(C)C(=O)O)cc(F)c2n1. The number of carboxylic acids is 1. The van der Waals surface area contributed by atoms with Crippen molar-refractivity contribution in [3.05, 3.63) is 34.5 Å². The second-order valence-electron chi connectivity index (χ2n) is 5.19. The summed E-state index contributed by atoms with van der Waals surface area (Å²) in [5.74, 6) is -1.83. The minimum absolute atomic E-state index is 0.0398. The number of nitrogens with one attached hydrogen (secondary N) is 1. The van der Waals surface area contributed by atoms with Gasteiger partial charge in [0.15, 0.2) is 11.5 Å². The molecule has 7 nitrogen and oxygen atoms in total. The van der Waals surface area contributed by atoms with Crippen LogP contribution in [0.3, 0.4) is 0 Å². The number of anilines is 1. The second kappa shape index (κ2) is 5.63. The Morgan fingerprint density at radius 1 is 1.50 bits per heavy atom. The molecule has 0 unspecified atom stereocenters. The van der Waals surface area contributed by atoms with Crippen molar-refractivity contribution in [3.8, 4) is 5.88 Å². The molecule has 0 aliphatic rings. The summed E-state index contributed by atoms with van der Waals surface area (Å²) in [5.41, 5.74) is -1.87. The zero-order valence-electron chi connectivity index (χ0n) is 12.4. The molecule has 0 aliphatic heterocycles. The van der Waals surface area contributed by atoms with Crippen molar-refractivity contribution in [2.24, 2.45) is 0 Å². The molecule has 2 N–H and O–H groups in total. The molecule has 0 amide bonds. The van der Waals surface area contributed by atoms with E-state index < -0.39 is 22.9 Å². The maximum absolute atomic E-state index is 14.2. The number of pyridine rings is 1. The Hall–Kier alpha value is -2.64. The van der Waals surface area contributed by atoms with Gasteiger partial charge < -0.3 is 15.2 Å². The van der Waals surface area contributed by atoms with Gasteiger partial charge in [-0.1, -0.05) is 0 Å². The molecule has 0 saturated carbocycles. The van der Waals surface area contributed by atoms with Crippen molar-refractivity contribution in [2.75, 3.05) is 11.9 Å². The Morgan fingerprint density at radius 2 is 2.18 bits per heavy atom. The number of aromatic nitrogens is 2. The summed E-state index contributed by atoms with van der Waals surface area (Å²) in [6.07, 6.45) is 1.30. The van der Waals surface area contributed by atoms with Crippen LogP contribution in [0.15, 0.2) is 23.1 Å². The molecule has 0 aliphatic carbocycles. The van der Waals surface area contributed by atoms with Crippen molar-refractivity contribution >= 4 is 17.3 Å². The largest absolute Gasteiger partial charge is 0.480 e. The maximum Gasteiger partial charge on any atom is 0.328 e. The summed E-state index contributed by atoms with van der Waals surface area (Å²) in [5, 5.41) is 11.7. The number of carboxylic acid groups (broad SMARTS) is 1. The number of hydrogen-bond acceptors (Lipinski definition) is 5. The molecule has 0 radical (unpaired) electrons. The number of halogens is 1. The Labute approximate surface area is 125 Å². The average molecular weight is 309 g/mol. The summed E-state index contributed by atoms with van der Waals surface area (Å²) in [7, 11) is 0. The highest BCUT2D eigenvalue weighted by atomic mass is 19.1. The first-order chi connectivity index (χ1) is 10.2. The first kappa shape index (κ1) is 15.7. The van der Waals surface area contributed by atoms with Crippen molar-refractivity contribution in [1.29, 1.82) is 0 Å². The zero-order valence-corrected chi connectivity index (χ0v) is 12.4. The average Bonchev–Trinajstić information content (AvgIpc) is 2.40. The van der Waals surface area contributed by atoms with E-state index in [4.69, 9.17) is 9.84 Å². The smallest absolute Gasteiger partial charge is 0.328 e. The van der Waals surface area contributed by atoms with Crippen LogP contribution in [0.25, 0.3) is 5.65 Å². The van der Waals surface area contributed by atoms with Gasteiger partial charge in [-0.15, -0.1) is 0 Å². The van der Waals surface area contributed by atoms with Gasteiger partial charge in [0.25, 0.3) is 5.56 Å². The molecule has 0 atom stereocenters. The fourth-order valence-electron chi connectivity index (χ4n) is 1.85. The minimum Gasteiger partial charge on any atom is -0.480 e. The monoisotopic (exact) mass is 309 g/mol. The van der Waals surface area contributed by atoms with Crippen LogP contribution in [0.5, 0.6) is 5.88 Å². The molecule has 22 heavy (non-hydrogen) atoms. The number of ether oxygens (including phenoxy) is 1. The van der Waals surface area contributed by atoms with Crippen LogP contribution in [0.4, 0.5) is 10.1 Å². The van der Waals surface area contributed by atoms with Crippen LogP contribution >= 0.6 is 0 Å². The zero-order chi connectivity index (χ0) is 16.5. The van der Waals surface area contributed by atoms with Gasteiger partial charge in [0.2, 0.25) is 5.88 Å². The van der Waals surface area contributed by atoms with E-state index in [1.807, 2.05) is 0 Å². The molecule has 0 spiro atoms. The lowest BCUT2D eigenvalue weighted by Crippen LogP contribution is -2.40. The van der Waals surface area contributed by atoms with Gasteiger partial charge in [0.1, 0.15) is 5.54 Å². The summed E-state index contributed by atoms with van der Waals surface area (Å²) in [4.78, 5) is 27.0. The third-order valence-electron chi connectivity index (χ3n) is 2.98. The van der Waals surface area contributed by atoms with E-state index in [9.17, 15) is 14.0 Å². The lowest BCUT2D eigenvalue weighted by molar-refractivity contribution is -0.141. The van der Waals surface area contributed by atoms with Gasteiger partial charge in [-0.05, 0) is 20.8 Å². The van der Waals surface area contributed by atoms with Gasteiger partial charge in [0, 0.05) is 12.3 Å². The molecule has 0 aromatic carbocycles. The highest BCUT2D eigenvalue weighted by Crippen LogP contribution is 2.19. The van der Waals surface area contributed by atoms with Gasteiger partial charge in [-0.25, -0.2) is 9.18 Å². The Morgan fingerprint density at radius 3 is 2.77 bits per heavy atom. The van der Waals surface area contributed by atoms with E-state index in [0.717, 1.165) is 16.5 Å². The molecule has 2 heterocycles. The van der Waals surface area contributed by atoms with Gasteiger partial charge in [0.05, 0.1) is 18.4 Å². The highest BCUT2D eigenvalue weighted by Gasteiger charge is 2.27. The molecular weight excluding hydrogens is 293 g/mol. The first-order valence-corrected chi connectivity index (χ1v) is 6.62. The number of aliphatic carboxylic acids is 1. The van der Waals surface area contributed by atoms with Gasteiger partial charge in [-0.3, -0.25) is 9.20 Å². The minimum atomic E-state index is -1.32. The molecule has 2 rings (SSSR count). The third kappa shape index (κ3) is 3.00. The van der Waals surface area contributed by atoms with Crippen molar-refractivity contribution in [2.45, 2.75) is 26.3 Å². The maximum atomic E-state index is 14.2. The summed E-state index contributed by atoms with van der Waals surface area (Å²) < 4.78 is 20.3. The fourth-order valence-corrected chi connectivity index (χ4v) is 1.85. The molecule has 0 fully saturated rings. The predicted octanol–water partition coefficient (Wildman–Crippen LogP) is 1.51. The molecule has 0 saturated heterocycles. The van der Waals surface area contributed by atoms with E-state index in [1.165, 1.54) is 20.0 Å². The number of fused-ring (bicyclic) bond motifs is 1. The quantitative estimate of drug-likeness (QED) is 0.869. The van der Waals surface area contributed by atoms with Crippen molar-refractivity contribution in [1.82, 2.24) is 9.38 Å². The van der Waals surface area contributed by atoms with E-state index >= 15 is 0 Å². The Kier molecular flexibility index (Phi) is 4.03. The van der Waals surface area contributed by atoms with Crippen molar-refractivity contribution < 1.29 is 19.0 Å². The van der Waals surface area contributed by atoms with Crippen LogP contribution in [-0.2, 0) is 4.79 Å². The van der Waals surface area contributed by atoms with E-state index in [1.54, 1.807) is 6.92 Å². The lowest BCUT2D eigenvalue weighted by atomic mass is 10.1. The number of rotatable bonds is 5. The van der Waals surface area contributed by atoms with E-state index in [2.05, 4.69) is 10.3 Å². The molecular formula is C14H16FN3O4. The third-order valence-corrected chi connectivity index (χ3v) is 2.98. The molecule has 118 valence electrons. The van der Waals surface area contributed by atoms with Gasteiger partial charge >= 0.3 is 5.97 Å². The van der Waals surface area contributed by atoms with Crippen LogP contribution in [0, 0.1) is 5.82 Å². The van der Waals surface area contributed by atoms with Crippen LogP contribution in [0.2, 0.25) is 0 Å². The lowest BCUT2D eigenvalue weighted by Gasteiger charge is -2.22. The number of hydrogen-bond donors (Lipinski definition) is 2. The fraction of sp³-hybridized carbons (Fsp3) is 0.357. The highest BCUT2D eigenvalue weighted by molar-refractivity contribution is 5.81. The van der Waals surface area contributed by atoms with Crippen LogP contribution < -0.4 is 15.6 Å². The van der Waals surface area contributed by atoms with E-state index in [-0.39, 0.29) is 17.2 Å². The number of carbonyl (C=O) groups is 1. The normalized spacial score (nSPS) is 11.5. The standard InChI is InChI=1S/C14H16FN3O4/c1-4-22-10-6-11(19)18-7-8(5-9(15)12(18)16-10)17-14(2,3)13(20)21/h5-7,17H,4H2,1-3H3,(H,20,21). The molecule has 8 heteroatoms. The molecule has 2 aromatic rings. The topological polar surface area (TPSA) is 92.9 Å². The summed E-state index contributed by atoms with van der Waals surface area (Å²) >= 11 is 0. The number of nitrogens with zero attached hydrogens (tertiary/aromatic N) is 2. The summed E-state index contributed by atoms with van der Waals surface area (Å²) in [6, 6.07) is 2.23. The van der Waals surface area contributed by atoms with Crippen LogP contribution in [-0.4, -0.2) is 32.6 Å². The van der Waals surface area contributed by atoms with Gasteiger partial charge in [-0.2, -0.15) is 4.98 Å². The molecule has 0 bridgehead atoms. The molecule has 2 aromatic heterocycles. The van der Waals surface area contributed by atoms with Crippen LogP contribution in [0.1, 0.15) is 20.8 Å². The Balaban J connectivity index is 2.54. The first-order valence-electron chi connectivity index (χ1n) is 6.62.